The summed E-state index contributed by atoms with van der Waals surface area (Å²) >= 11 is 0. The Kier molecular flexibility index (Phi) is 12.8. The van der Waals surface area contributed by atoms with Crippen molar-refractivity contribution in [2.24, 2.45) is 11.8 Å². The van der Waals surface area contributed by atoms with Crippen LogP contribution < -0.4 is 0 Å². The lowest BCUT2D eigenvalue weighted by atomic mass is 9.91. The van der Waals surface area contributed by atoms with Gasteiger partial charge < -0.3 is 52.1 Å². The van der Waals surface area contributed by atoms with Crippen LogP contribution in [0.5, 0.6) is 0 Å². The largest absolute Gasteiger partial charge is 0.454 e. The van der Waals surface area contributed by atoms with E-state index in [0.29, 0.717) is 19.8 Å². The molecule has 12 heteroatoms. The number of rotatable bonds is 15. The lowest BCUT2D eigenvalue weighted by Crippen LogP contribution is -2.60. The molecule has 2 aromatic carbocycles. The molecule has 4 aliphatic rings. The van der Waals surface area contributed by atoms with Crippen LogP contribution in [0, 0.1) is 11.8 Å². The average molecular weight is 727 g/mol. The van der Waals surface area contributed by atoms with Crippen molar-refractivity contribution in [1.29, 1.82) is 0 Å². The highest BCUT2D eigenvalue weighted by atomic mass is 16.8. The molecule has 6 rings (SSSR count). The SMILES string of the molecule is C=CCO[C@@H]1O[C@H](C)[C@H](O[C@@H]2OC[C@@H](OCc3ccccc3)C(O[C@@H]3OC[C@](COCc4ccccc4)(OC(C)=O)C3C)C2C)C2OC(C)(C)OC21. The predicted octanol–water partition coefficient (Wildman–Crippen LogP) is 5.31. The quantitative estimate of drug-likeness (QED) is 0.175. The van der Waals surface area contributed by atoms with Gasteiger partial charge in [-0.15, -0.1) is 6.58 Å². The van der Waals surface area contributed by atoms with E-state index in [4.69, 9.17) is 52.1 Å². The second-order valence-electron chi connectivity index (χ2n) is 14.6. The second-order valence-corrected chi connectivity index (χ2v) is 14.6. The fourth-order valence-corrected chi connectivity index (χ4v) is 7.37. The minimum absolute atomic E-state index is 0.114. The third kappa shape index (κ3) is 9.12. The minimum atomic E-state index is -1.04. The molecule has 4 aliphatic heterocycles. The number of hydrogen-bond acceptors (Lipinski definition) is 12. The number of hydrogen-bond donors (Lipinski definition) is 0. The van der Waals surface area contributed by atoms with Gasteiger partial charge in [0.15, 0.2) is 30.3 Å². The number of carbonyl (C=O) groups is 1. The molecule has 0 N–H and O–H groups in total. The van der Waals surface area contributed by atoms with Gasteiger partial charge in [0, 0.05) is 12.8 Å². The molecule has 0 aromatic heterocycles. The molecular weight excluding hydrogens is 672 g/mol. The van der Waals surface area contributed by atoms with Gasteiger partial charge in [-0.05, 0) is 31.9 Å². The molecule has 12 atom stereocenters. The Balaban J connectivity index is 1.18. The Labute approximate surface area is 306 Å². The summed E-state index contributed by atoms with van der Waals surface area (Å²) < 4.78 is 69.6. The Morgan fingerprint density at radius 3 is 2.17 bits per heavy atom. The van der Waals surface area contributed by atoms with Crippen molar-refractivity contribution < 1.29 is 56.9 Å². The highest BCUT2D eigenvalue weighted by molar-refractivity contribution is 5.66. The Morgan fingerprint density at radius 1 is 0.846 bits per heavy atom. The van der Waals surface area contributed by atoms with Gasteiger partial charge >= 0.3 is 5.97 Å². The highest BCUT2D eigenvalue weighted by Crippen LogP contribution is 2.42. The molecule has 0 saturated carbocycles. The van der Waals surface area contributed by atoms with E-state index in [2.05, 4.69) is 6.58 Å². The van der Waals surface area contributed by atoms with Gasteiger partial charge in [-0.25, -0.2) is 0 Å². The van der Waals surface area contributed by atoms with E-state index in [-0.39, 0.29) is 31.7 Å². The minimum Gasteiger partial charge on any atom is -0.454 e. The maximum atomic E-state index is 12.4. The molecule has 0 spiro atoms. The van der Waals surface area contributed by atoms with Crippen molar-refractivity contribution in [2.45, 2.75) is 122 Å². The van der Waals surface area contributed by atoms with Gasteiger partial charge in [0.2, 0.25) is 0 Å². The smallest absolute Gasteiger partial charge is 0.303 e. The van der Waals surface area contributed by atoms with Gasteiger partial charge in [0.05, 0.1) is 57.8 Å². The third-order valence-corrected chi connectivity index (χ3v) is 10.1. The molecule has 5 unspecified atom stereocenters. The van der Waals surface area contributed by atoms with Crippen LogP contribution in [-0.2, 0) is 70.1 Å². The van der Waals surface area contributed by atoms with Crippen LogP contribution >= 0.6 is 0 Å². The van der Waals surface area contributed by atoms with Crippen molar-refractivity contribution in [2.75, 3.05) is 26.4 Å². The zero-order valence-electron chi connectivity index (χ0n) is 31.1. The first-order chi connectivity index (χ1) is 25.0. The van der Waals surface area contributed by atoms with E-state index >= 15 is 0 Å². The first kappa shape index (κ1) is 39.0. The number of ether oxygens (including phenoxy) is 11. The number of carbonyl (C=O) groups excluding carboxylic acids is 1. The molecule has 2 aromatic rings. The highest BCUT2D eigenvalue weighted by Gasteiger charge is 2.57. The number of fused-ring (bicyclic) bond motifs is 1. The van der Waals surface area contributed by atoms with Crippen molar-refractivity contribution in [3.05, 3.63) is 84.4 Å². The van der Waals surface area contributed by atoms with Crippen molar-refractivity contribution >= 4 is 5.97 Å². The van der Waals surface area contributed by atoms with E-state index in [9.17, 15) is 4.79 Å². The molecule has 4 fully saturated rings. The van der Waals surface area contributed by atoms with Crippen LogP contribution in [0.25, 0.3) is 0 Å². The molecule has 0 amide bonds. The zero-order valence-corrected chi connectivity index (χ0v) is 31.1. The van der Waals surface area contributed by atoms with Crippen LogP contribution in [0.1, 0.15) is 52.7 Å². The summed E-state index contributed by atoms with van der Waals surface area (Å²) in [5.74, 6) is -1.99. The standard InChI is InChI=1S/C40H54O12/c1-8-19-43-38-35-34(51-39(6,7)52-35)33(27(4)47-38)49-36-25(2)32(31(22-45-36)44-21-30-17-13-10-14-18-30)48-37-26(3)40(24-46-37,50-28(5)41)23-42-20-29-15-11-9-12-16-29/h8-18,25-27,31-38H,1,19-24H2,2-7H3/t25?,26?,27-,31-,32?,33+,34?,35?,36+,37+,38-,40+/m1/s1. The lowest BCUT2D eigenvalue weighted by molar-refractivity contribution is -0.334. The fraction of sp³-hybridized carbons (Fsp3) is 0.625. The Hall–Kier alpha value is -2.75. The van der Waals surface area contributed by atoms with Crippen molar-refractivity contribution in [3.63, 3.8) is 0 Å². The van der Waals surface area contributed by atoms with Crippen LogP contribution in [0.4, 0.5) is 0 Å². The van der Waals surface area contributed by atoms with Crippen molar-refractivity contribution in [3.8, 4) is 0 Å². The summed E-state index contributed by atoms with van der Waals surface area (Å²) in [5, 5.41) is 0. The normalized spacial score (nSPS) is 37.0. The van der Waals surface area contributed by atoms with E-state index in [0.717, 1.165) is 11.1 Å². The molecule has 0 bridgehead atoms. The summed E-state index contributed by atoms with van der Waals surface area (Å²) in [6.07, 6.45) is -3.34. The van der Waals surface area contributed by atoms with Crippen LogP contribution in [-0.4, -0.2) is 99.3 Å². The van der Waals surface area contributed by atoms with Gasteiger partial charge in [-0.2, -0.15) is 0 Å². The van der Waals surface area contributed by atoms with Crippen LogP contribution in [0.15, 0.2) is 73.3 Å². The average Bonchev–Trinajstić information content (AvgIpc) is 3.61. The molecule has 4 heterocycles. The number of esters is 1. The lowest BCUT2D eigenvalue weighted by Gasteiger charge is -2.46. The van der Waals surface area contributed by atoms with E-state index in [1.54, 1.807) is 6.08 Å². The monoisotopic (exact) mass is 726 g/mol. The van der Waals surface area contributed by atoms with Gasteiger partial charge in [0.1, 0.15) is 24.4 Å². The molecule has 12 nitrogen and oxygen atoms in total. The van der Waals surface area contributed by atoms with Crippen LogP contribution in [0.3, 0.4) is 0 Å². The summed E-state index contributed by atoms with van der Waals surface area (Å²) in [7, 11) is 0. The first-order valence-corrected chi connectivity index (χ1v) is 18.2. The van der Waals surface area contributed by atoms with Gasteiger partial charge in [0.25, 0.3) is 0 Å². The van der Waals surface area contributed by atoms with E-state index in [1.807, 2.05) is 95.3 Å². The van der Waals surface area contributed by atoms with Gasteiger partial charge in [-0.3, -0.25) is 4.79 Å². The number of benzene rings is 2. The summed E-state index contributed by atoms with van der Waals surface area (Å²) in [5.41, 5.74) is 0.995. The second kappa shape index (κ2) is 17.2. The first-order valence-electron chi connectivity index (χ1n) is 18.2. The zero-order chi connectivity index (χ0) is 36.9. The van der Waals surface area contributed by atoms with Gasteiger partial charge in [-0.1, -0.05) is 80.6 Å². The van der Waals surface area contributed by atoms with E-state index in [1.165, 1.54) is 6.92 Å². The third-order valence-electron chi connectivity index (χ3n) is 10.1. The van der Waals surface area contributed by atoms with E-state index < -0.39 is 72.9 Å². The topological polar surface area (TPSA) is 119 Å². The van der Waals surface area contributed by atoms with Crippen LogP contribution in [0.2, 0.25) is 0 Å². The Morgan fingerprint density at radius 2 is 1.50 bits per heavy atom. The molecular formula is C40H54O12. The summed E-state index contributed by atoms with van der Waals surface area (Å²) in [6.45, 7) is 16.3. The predicted molar refractivity (Wildman–Crippen MR) is 187 cm³/mol. The summed E-state index contributed by atoms with van der Waals surface area (Å²) in [6, 6.07) is 19.8. The molecule has 52 heavy (non-hydrogen) atoms. The summed E-state index contributed by atoms with van der Waals surface area (Å²) in [4.78, 5) is 12.4. The maximum absolute atomic E-state index is 12.4. The molecule has 286 valence electrons. The van der Waals surface area contributed by atoms with Crippen molar-refractivity contribution in [1.82, 2.24) is 0 Å². The molecule has 4 saturated heterocycles. The fourth-order valence-electron chi connectivity index (χ4n) is 7.37. The maximum Gasteiger partial charge on any atom is 0.303 e. The molecule has 0 radical (unpaired) electrons. The molecule has 0 aliphatic carbocycles. The Bertz CT molecular complexity index is 1440.